The molecule has 1 aliphatic carbocycles. The van der Waals surface area contributed by atoms with Crippen LogP contribution in [0.2, 0.25) is 18.6 Å². The summed E-state index contributed by atoms with van der Waals surface area (Å²) in [5, 5.41) is 11.1. The molecule has 114 valence electrons. The minimum atomic E-state index is -1.76. The maximum absolute atomic E-state index is 7.96. The Labute approximate surface area is 148 Å². The van der Waals surface area contributed by atoms with E-state index in [0.29, 0.717) is 0 Å². The molecule has 1 rings (SSSR count). The third-order valence-electron chi connectivity index (χ3n) is 2.22. The normalized spacial score (nSPS) is 35.4. The summed E-state index contributed by atoms with van der Waals surface area (Å²) in [6, 6.07) is 0. The molecule has 0 aromatic heterocycles. The third kappa shape index (κ3) is 16.9. The summed E-state index contributed by atoms with van der Waals surface area (Å²) in [5.41, 5.74) is -0.0776. The van der Waals surface area contributed by atoms with Gasteiger partial charge in [0.05, 0.1) is 0 Å². The number of hydrogen-bond donors (Lipinski definition) is 0. The zero-order chi connectivity index (χ0) is 17.2. The van der Waals surface area contributed by atoms with Crippen LogP contribution in [0, 0.1) is 7.43 Å². The Morgan fingerprint density at radius 3 is 1.58 bits per heavy atom. The van der Waals surface area contributed by atoms with Gasteiger partial charge in [0.15, 0.2) is 0 Å². The van der Waals surface area contributed by atoms with E-state index in [1.165, 1.54) is 0 Å². The summed E-state index contributed by atoms with van der Waals surface area (Å²) >= 11 is 0. The van der Waals surface area contributed by atoms with Crippen LogP contribution in [0.15, 0.2) is 0 Å². The topological polar surface area (TPSA) is 42.3 Å². The first-order valence-corrected chi connectivity index (χ1v) is 9.15. The summed E-state index contributed by atoms with van der Waals surface area (Å²) in [6.45, 7) is 4.25. The van der Waals surface area contributed by atoms with Crippen LogP contribution >= 0.6 is 0 Å². The fourth-order valence-electron chi connectivity index (χ4n) is 1.47. The second-order valence-corrected chi connectivity index (χ2v) is 9.61. The Bertz CT molecular complexity index is 250. The molecule has 1 saturated carbocycles. The zero-order valence-electron chi connectivity index (χ0n) is 17.9. The molecule has 0 N–H and O–H groups in total. The summed E-state index contributed by atoms with van der Waals surface area (Å²) < 4.78 is 31.3. The van der Waals surface area contributed by atoms with E-state index in [0.717, 1.165) is 6.17 Å². The number of rotatable bonds is 3. The van der Waals surface area contributed by atoms with Crippen molar-refractivity contribution in [1.82, 2.24) is 0 Å². The van der Waals surface area contributed by atoms with Gasteiger partial charge in [0.1, 0.15) is 0 Å². The predicted octanol–water partition coefficient (Wildman–Crippen LogP) is 4.87. The van der Waals surface area contributed by atoms with Gasteiger partial charge in [-0.05, 0) is 5.54 Å². The molecule has 19 heavy (non-hydrogen) atoms. The smallest absolute Gasteiger partial charge is 0.668 e. The molecule has 1 fully saturated rings. The fraction of sp³-hybridized carbons (Fsp3) is 0.929. The Balaban J connectivity index is -0.000000197. The number of hydrogen-bond acceptors (Lipinski definition) is 0. The molecule has 0 radical (unpaired) electrons. The monoisotopic (exact) mass is 457 g/mol. The molecule has 0 spiro atoms. The van der Waals surface area contributed by atoms with Gasteiger partial charge < -0.3 is 23.4 Å². The van der Waals surface area contributed by atoms with E-state index in [1.807, 2.05) is 0 Å². The van der Waals surface area contributed by atoms with Crippen LogP contribution in [0.4, 0.5) is 0 Å². The molecule has 0 heterocycles. The van der Waals surface area contributed by atoms with Crippen LogP contribution in [-0.2, 0) is 25.8 Å². The van der Waals surface area contributed by atoms with E-state index in [9.17, 15) is 0 Å². The summed E-state index contributed by atoms with van der Waals surface area (Å²) in [5.74, 6) is 0. The largest absolute Gasteiger partial charge is 4.00 e. The van der Waals surface area contributed by atoms with Gasteiger partial charge in [-0.2, -0.15) is 41.4 Å². The van der Waals surface area contributed by atoms with Gasteiger partial charge in [0.25, 0.3) is 0 Å². The van der Waals surface area contributed by atoms with Gasteiger partial charge in [-0.15, -0.1) is 0 Å². The van der Waals surface area contributed by atoms with Crippen molar-refractivity contribution >= 4 is 8.07 Å². The van der Waals surface area contributed by atoms with Crippen molar-refractivity contribution in [1.29, 1.82) is 0 Å². The molecule has 1 aliphatic rings. The van der Waals surface area contributed by atoms with Crippen LogP contribution in [0.1, 0.15) is 31.1 Å². The van der Waals surface area contributed by atoms with Crippen LogP contribution in [0.25, 0.3) is 16.0 Å². The van der Waals surface area contributed by atoms with Crippen molar-refractivity contribution in [2.24, 2.45) is 0 Å². The maximum Gasteiger partial charge on any atom is 4.00 e. The van der Waals surface area contributed by atoms with Crippen LogP contribution in [0.3, 0.4) is 0 Å². The first kappa shape index (κ1) is 18.0. The van der Waals surface area contributed by atoms with Crippen LogP contribution < -0.4 is 0 Å². The standard InChI is InChI=1S/C9H20NSi.2C2H6N.CH3.Hf/c1-10-8-11(2,3)9-6-4-5-7-9;2*1-3-2;;/h9H,4-8H2,1-3H3;2*1-2H3;1H3;/q4*-1;+4/i4D,5D,6D,7D;;;;. The molecule has 0 aromatic rings. The SMILES string of the molecule is C[N-]C.C[N-]C.[2H]C1C([2H])C([2H])C([Si](C)(C)C[N-]C)C1[2H].[CH3-].[Hf+4]. The van der Waals surface area contributed by atoms with Crippen molar-refractivity contribution in [3.63, 3.8) is 0 Å². The van der Waals surface area contributed by atoms with Gasteiger partial charge in [-0.25, -0.2) is 0 Å². The average molecular weight is 456 g/mol. The number of nitrogens with zero attached hydrogens (tertiary/aromatic N) is 3. The van der Waals surface area contributed by atoms with Crippen molar-refractivity contribution in [2.75, 3.05) is 41.4 Å². The molecule has 0 bridgehead atoms. The quantitative estimate of drug-likeness (QED) is 0.430. The van der Waals surface area contributed by atoms with Crippen LogP contribution in [0.5, 0.6) is 0 Å². The Morgan fingerprint density at radius 2 is 1.32 bits per heavy atom. The first-order chi connectivity index (χ1) is 9.65. The summed E-state index contributed by atoms with van der Waals surface area (Å²) in [7, 11) is 7.00. The Hall–Kier alpha value is 0.967. The zero-order valence-corrected chi connectivity index (χ0v) is 18.5. The van der Waals surface area contributed by atoms with Gasteiger partial charge in [0.2, 0.25) is 0 Å². The molecule has 0 saturated heterocycles. The minimum absolute atomic E-state index is 0. The molecule has 0 aromatic carbocycles. The Morgan fingerprint density at radius 1 is 1.00 bits per heavy atom. The van der Waals surface area contributed by atoms with E-state index >= 15 is 0 Å². The summed E-state index contributed by atoms with van der Waals surface area (Å²) in [4.78, 5) is 0. The second kappa shape index (κ2) is 19.0. The van der Waals surface area contributed by atoms with Crippen molar-refractivity contribution in [3.8, 4) is 0 Å². The molecule has 0 amide bonds. The van der Waals surface area contributed by atoms with E-state index in [2.05, 4.69) is 29.0 Å². The van der Waals surface area contributed by atoms with E-state index in [1.54, 1.807) is 35.2 Å². The molecular weight excluding hydrogens is 417 g/mol. The van der Waals surface area contributed by atoms with E-state index < -0.39 is 33.7 Å². The van der Waals surface area contributed by atoms with E-state index in [-0.39, 0.29) is 38.8 Å². The van der Waals surface area contributed by atoms with Crippen molar-refractivity contribution in [3.05, 3.63) is 23.4 Å². The first-order valence-electron chi connectivity index (χ1n) is 8.17. The molecule has 0 aliphatic heterocycles. The minimum Gasteiger partial charge on any atom is -0.668 e. The summed E-state index contributed by atoms with van der Waals surface area (Å²) in [6.07, 6.45) is -1.79. The van der Waals surface area contributed by atoms with E-state index in [4.69, 9.17) is 5.48 Å². The van der Waals surface area contributed by atoms with Crippen LogP contribution in [-0.4, -0.2) is 49.5 Å². The maximum atomic E-state index is 7.96. The fourth-order valence-corrected chi connectivity index (χ4v) is 3.76. The predicted molar refractivity (Wildman–Crippen MR) is 90.7 cm³/mol. The molecule has 5 heteroatoms. The Kier molecular flexibility index (Phi) is 18.0. The van der Waals surface area contributed by atoms with Crippen molar-refractivity contribution < 1.29 is 31.3 Å². The second-order valence-electron chi connectivity index (χ2n) is 4.65. The van der Waals surface area contributed by atoms with Gasteiger partial charge in [0, 0.05) is 13.6 Å². The van der Waals surface area contributed by atoms with Gasteiger partial charge in [-0.3, -0.25) is 0 Å². The molecule has 3 nitrogen and oxygen atoms in total. The average Bonchev–Trinajstić information content (AvgIpc) is 2.56. The van der Waals surface area contributed by atoms with Crippen molar-refractivity contribution in [2.45, 2.75) is 44.2 Å². The third-order valence-corrected chi connectivity index (χ3v) is 5.54. The van der Waals surface area contributed by atoms with Gasteiger partial charge in [-0.1, -0.05) is 38.7 Å². The van der Waals surface area contributed by atoms with Gasteiger partial charge >= 0.3 is 25.8 Å². The molecule has 4 atom stereocenters. The molecule has 4 unspecified atom stereocenters. The molecular formula is C14H35HfN3Si.